The van der Waals surface area contributed by atoms with E-state index in [2.05, 4.69) is 0 Å². The van der Waals surface area contributed by atoms with Crippen molar-refractivity contribution in [2.45, 2.75) is 32.6 Å². The van der Waals surface area contributed by atoms with Crippen LogP contribution in [0.3, 0.4) is 0 Å². The number of carboxylic acid groups (broad SMARTS) is 1. The van der Waals surface area contributed by atoms with Gasteiger partial charge in [-0.15, -0.1) is 0 Å². The highest BCUT2D eigenvalue weighted by Crippen LogP contribution is 2.29. The lowest BCUT2D eigenvalue weighted by Crippen LogP contribution is -2.06. The number of carbonyl (C=O) groups is 1. The predicted molar refractivity (Wildman–Crippen MR) is 82.4 cm³/mol. The average Bonchev–Trinajstić information content (AvgIpc) is 2.77. The first kappa shape index (κ1) is 15.6. The molecule has 2 aromatic rings. The van der Waals surface area contributed by atoms with Crippen molar-refractivity contribution in [2.75, 3.05) is 5.75 Å². The zero-order chi connectivity index (χ0) is 15.8. The van der Waals surface area contributed by atoms with Gasteiger partial charge in [-0.05, 0) is 25.5 Å². The summed E-state index contributed by atoms with van der Waals surface area (Å²) in [6, 6.07) is 5.02. The van der Waals surface area contributed by atoms with Crippen LogP contribution in [0.2, 0.25) is 0 Å². The molecule has 0 aliphatic rings. The SMILES string of the molecule is CCS(=O)(=O)Cc1cn(C(C)C)c2c(C(=O)O)cccc12. The molecule has 1 aromatic carbocycles. The minimum atomic E-state index is -3.17. The number of hydrogen-bond acceptors (Lipinski definition) is 3. The fourth-order valence-corrected chi connectivity index (χ4v) is 3.32. The largest absolute Gasteiger partial charge is 0.478 e. The number of para-hydroxylation sites is 1. The molecule has 0 atom stereocenters. The maximum absolute atomic E-state index is 11.9. The lowest BCUT2D eigenvalue weighted by Gasteiger charge is -2.10. The van der Waals surface area contributed by atoms with Gasteiger partial charge in [0.15, 0.2) is 9.84 Å². The number of nitrogens with zero attached hydrogens (tertiary/aromatic N) is 1. The Balaban J connectivity index is 2.75. The van der Waals surface area contributed by atoms with Crippen LogP contribution in [0.4, 0.5) is 0 Å². The van der Waals surface area contributed by atoms with Crippen LogP contribution < -0.4 is 0 Å². The minimum Gasteiger partial charge on any atom is -0.478 e. The molecule has 5 nitrogen and oxygen atoms in total. The normalized spacial score (nSPS) is 12.2. The molecule has 6 heteroatoms. The van der Waals surface area contributed by atoms with Gasteiger partial charge in [-0.25, -0.2) is 13.2 Å². The summed E-state index contributed by atoms with van der Waals surface area (Å²) in [5.41, 5.74) is 1.44. The number of benzene rings is 1. The molecule has 114 valence electrons. The van der Waals surface area contributed by atoms with Crippen molar-refractivity contribution < 1.29 is 18.3 Å². The fraction of sp³-hybridized carbons (Fsp3) is 0.400. The molecule has 0 fully saturated rings. The summed E-state index contributed by atoms with van der Waals surface area (Å²) in [4.78, 5) is 11.4. The van der Waals surface area contributed by atoms with Crippen molar-refractivity contribution in [1.82, 2.24) is 4.57 Å². The van der Waals surface area contributed by atoms with E-state index in [4.69, 9.17) is 0 Å². The Labute approximate surface area is 124 Å². The number of hydrogen-bond donors (Lipinski definition) is 1. The van der Waals surface area contributed by atoms with Crippen molar-refractivity contribution in [3.63, 3.8) is 0 Å². The average molecular weight is 309 g/mol. The molecule has 0 saturated carbocycles. The van der Waals surface area contributed by atoms with E-state index in [-0.39, 0.29) is 23.1 Å². The smallest absolute Gasteiger partial charge is 0.337 e. The standard InChI is InChI=1S/C15H19NO4S/c1-4-21(19,20)9-11-8-16(10(2)3)14-12(11)6-5-7-13(14)15(17)18/h5-8,10H,4,9H2,1-3H3,(H,17,18). The van der Waals surface area contributed by atoms with Crippen LogP contribution in [0.1, 0.15) is 42.7 Å². The van der Waals surface area contributed by atoms with Crippen LogP contribution in [0.5, 0.6) is 0 Å². The molecule has 1 aromatic heterocycles. The summed E-state index contributed by atoms with van der Waals surface area (Å²) in [6.45, 7) is 5.49. The number of aromatic nitrogens is 1. The zero-order valence-corrected chi connectivity index (χ0v) is 13.1. The number of sulfone groups is 1. The lowest BCUT2D eigenvalue weighted by atomic mass is 10.1. The maximum Gasteiger partial charge on any atom is 0.337 e. The molecule has 1 heterocycles. The number of rotatable bonds is 5. The Morgan fingerprint density at radius 2 is 2.00 bits per heavy atom. The van der Waals surface area contributed by atoms with Crippen LogP contribution in [0, 0.1) is 0 Å². The van der Waals surface area contributed by atoms with E-state index in [0.717, 1.165) is 0 Å². The Morgan fingerprint density at radius 3 is 2.52 bits per heavy atom. The Kier molecular flexibility index (Phi) is 4.09. The monoisotopic (exact) mass is 309 g/mol. The minimum absolute atomic E-state index is 0.0473. The highest BCUT2D eigenvalue weighted by molar-refractivity contribution is 7.90. The van der Waals surface area contributed by atoms with Gasteiger partial charge in [-0.2, -0.15) is 0 Å². The van der Waals surface area contributed by atoms with Gasteiger partial charge in [-0.3, -0.25) is 0 Å². The molecule has 0 spiro atoms. The van der Waals surface area contributed by atoms with Crippen molar-refractivity contribution in [3.05, 3.63) is 35.5 Å². The number of fused-ring (bicyclic) bond motifs is 1. The van der Waals surface area contributed by atoms with Gasteiger partial charge in [0, 0.05) is 23.4 Å². The van der Waals surface area contributed by atoms with Gasteiger partial charge in [-0.1, -0.05) is 19.1 Å². The predicted octanol–water partition coefficient (Wildman–Crippen LogP) is 2.86. The molecule has 0 aliphatic heterocycles. The van der Waals surface area contributed by atoms with E-state index in [1.165, 1.54) is 0 Å². The molecule has 1 N–H and O–H groups in total. The van der Waals surface area contributed by atoms with Crippen LogP contribution in [-0.2, 0) is 15.6 Å². The van der Waals surface area contributed by atoms with Crippen molar-refractivity contribution in [3.8, 4) is 0 Å². The molecule has 0 saturated heterocycles. The highest BCUT2D eigenvalue weighted by Gasteiger charge is 2.20. The van der Waals surface area contributed by atoms with Crippen molar-refractivity contribution >= 4 is 26.7 Å². The highest BCUT2D eigenvalue weighted by atomic mass is 32.2. The third-order valence-corrected chi connectivity index (χ3v) is 5.17. The van der Waals surface area contributed by atoms with Gasteiger partial charge in [0.05, 0.1) is 16.8 Å². The van der Waals surface area contributed by atoms with Crippen molar-refractivity contribution in [2.24, 2.45) is 0 Å². The summed E-state index contributed by atoms with van der Waals surface area (Å²) in [6.07, 6.45) is 1.76. The molecular formula is C15H19NO4S. The lowest BCUT2D eigenvalue weighted by molar-refractivity contribution is 0.0698. The Hall–Kier alpha value is -1.82. The molecule has 0 aliphatic carbocycles. The van der Waals surface area contributed by atoms with Crippen LogP contribution >= 0.6 is 0 Å². The maximum atomic E-state index is 11.9. The van der Waals surface area contributed by atoms with Gasteiger partial charge in [0.1, 0.15) is 0 Å². The van der Waals surface area contributed by atoms with Crippen LogP contribution in [-0.4, -0.2) is 29.8 Å². The van der Waals surface area contributed by atoms with Gasteiger partial charge >= 0.3 is 5.97 Å². The van der Waals surface area contributed by atoms with Crippen LogP contribution in [0.15, 0.2) is 24.4 Å². The summed E-state index contributed by atoms with van der Waals surface area (Å²) < 4.78 is 25.6. The summed E-state index contributed by atoms with van der Waals surface area (Å²) in [5.74, 6) is -1.01. The topological polar surface area (TPSA) is 76.4 Å². The number of aromatic carboxylic acids is 1. The van der Waals surface area contributed by atoms with E-state index in [1.54, 1.807) is 31.3 Å². The molecule has 0 bridgehead atoms. The van der Waals surface area contributed by atoms with E-state index >= 15 is 0 Å². The van der Waals surface area contributed by atoms with E-state index < -0.39 is 15.8 Å². The fourth-order valence-electron chi connectivity index (χ4n) is 2.42. The van der Waals surface area contributed by atoms with Crippen molar-refractivity contribution in [1.29, 1.82) is 0 Å². The molecule has 0 unspecified atom stereocenters. The second-order valence-electron chi connectivity index (χ2n) is 5.34. The van der Waals surface area contributed by atoms with Crippen LogP contribution in [0.25, 0.3) is 10.9 Å². The first-order valence-electron chi connectivity index (χ1n) is 6.83. The van der Waals surface area contributed by atoms with E-state index in [1.807, 2.05) is 18.4 Å². The van der Waals surface area contributed by atoms with Gasteiger partial charge < -0.3 is 9.67 Å². The first-order chi connectivity index (χ1) is 9.76. The molecule has 0 amide bonds. The first-order valence-corrected chi connectivity index (χ1v) is 8.65. The molecule has 2 rings (SSSR count). The second kappa shape index (κ2) is 5.52. The molecule has 21 heavy (non-hydrogen) atoms. The summed E-state index contributed by atoms with van der Waals surface area (Å²) in [5, 5.41) is 10.0. The molecule has 0 radical (unpaired) electrons. The number of carboxylic acids is 1. The summed E-state index contributed by atoms with van der Waals surface area (Å²) >= 11 is 0. The third-order valence-electron chi connectivity index (χ3n) is 3.54. The van der Waals surface area contributed by atoms with E-state index in [9.17, 15) is 18.3 Å². The second-order valence-corrected chi connectivity index (χ2v) is 7.69. The van der Waals surface area contributed by atoms with E-state index in [0.29, 0.717) is 16.5 Å². The zero-order valence-electron chi connectivity index (χ0n) is 12.3. The quantitative estimate of drug-likeness (QED) is 0.921. The Morgan fingerprint density at radius 1 is 1.33 bits per heavy atom. The van der Waals surface area contributed by atoms with Gasteiger partial charge in [0.25, 0.3) is 0 Å². The third kappa shape index (κ3) is 2.95. The summed E-state index contributed by atoms with van der Waals surface area (Å²) in [7, 11) is -3.17. The molecular weight excluding hydrogens is 290 g/mol. The Bertz CT molecular complexity index is 787. The van der Waals surface area contributed by atoms with Gasteiger partial charge in [0.2, 0.25) is 0 Å².